The Bertz CT molecular complexity index is 614. The molecule has 0 saturated carbocycles. The molecule has 4 nitrogen and oxygen atoms in total. The van der Waals surface area contributed by atoms with E-state index in [4.69, 9.17) is 32.4 Å². The van der Waals surface area contributed by atoms with Gasteiger partial charge in [-0.25, -0.2) is 0 Å². The van der Waals surface area contributed by atoms with Gasteiger partial charge in [-0.05, 0) is 36.6 Å². The molecule has 2 aromatic rings. The van der Waals surface area contributed by atoms with E-state index in [1.54, 1.807) is 12.3 Å². The Balaban J connectivity index is 1.55. The fraction of sp³-hybridized carbons (Fsp3) is 0.353. The summed E-state index contributed by atoms with van der Waals surface area (Å²) in [5.74, 6) is 0.791. The molecule has 6 heteroatoms. The minimum Gasteiger partial charge on any atom is -0.467 e. The molecule has 1 heterocycles. The Morgan fingerprint density at radius 2 is 2.09 bits per heavy atom. The zero-order valence-electron chi connectivity index (χ0n) is 12.7. The van der Waals surface area contributed by atoms with Crippen LogP contribution in [0, 0.1) is 0 Å². The number of ether oxygens (including phenoxy) is 1. The summed E-state index contributed by atoms with van der Waals surface area (Å²) >= 11 is 12.0. The number of halogens is 2. The van der Waals surface area contributed by atoms with Crippen molar-refractivity contribution in [3.8, 4) is 0 Å². The predicted octanol–water partition coefficient (Wildman–Crippen LogP) is 4.24. The molecule has 0 aliphatic rings. The number of nitrogens with one attached hydrogen (secondary N) is 1. The van der Waals surface area contributed by atoms with Crippen LogP contribution in [0.25, 0.3) is 0 Å². The number of rotatable bonds is 9. The van der Waals surface area contributed by atoms with E-state index < -0.39 is 0 Å². The molecule has 0 spiro atoms. The molecule has 0 radical (unpaired) electrons. The Kier molecular flexibility index (Phi) is 7.46. The van der Waals surface area contributed by atoms with Crippen molar-refractivity contribution in [3.05, 3.63) is 58.0 Å². The van der Waals surface area contributed by atoms with Gasteiger partial charge in [0.15, 0.2) is 0 Å². The molecular weight excluding hydrogens is 337 g/mol. The lowest BCUT2D eigenvalue weighted by Crippen LogP contribution is -2.25. The summed E-state index contributed by atoms with van der Waals surface area (Å²) in [7, 11) is 0. The summed E-state index contributed by atoms with van der Waals surface area (Å²) in [4.78, 5) is 11.8. The Morgan fingerprint density at radius 1 is 1.22 bits per heavy atom. The minimum atomic E-state index is -0.00734. The first-order valence-electron chi connectivity index (χ1n) is 7.46. The molecule has 23 heavy (non-hydrogen) atoms. The van der Waals surface area contributed by atoms with Crippen LogP contribution in [0.15, 0.2) is 41.0 Å². The van der Waals surface area contributed by atoms with Crippen LogP contribution in [-0.2, 0) is 22.6 Å². The number of benzene rings is 1. The lowest BCUT2D eigenvalue weighted by molar-refractivity contribution is -0.121. The normalized spacial score (nSPS) is 10.7. The quantitative estimate of drug-likeness (QED) is 0.684. The summed E-state index contributed by atoms with van der Waals surface area (Å²) in [5, 5.41) is 3.90. The average molecular weight is 356 g/mol. The minimum absolute atomic E-state index is 0.00734. The van der Waals surface area contributed by atoms with Crippen LogP contribution in [0.1, 0.15) is 24.2 Å². The molecule has 0 fully saturated rings. The molecule has 0 aliphatic heterocycles. The second kappa shape index (κ2) is 9.60. The molecule has 0 unspecified atom stereocenters. The average Bonchev–Trinajstić information content (AvgIpc) is 3.05. The summed E-state index contributed by atoms with van der Waals surface area (Å²) in [6, 6.07) is 9.13. The van der Waals surface area contributed by atoms with E-state index in [0.717, 1.165) is 17.7 Å². The van der Waals surface area contributed by atoms with E-state index in [2.05, 4.69) is 5.32 Å². The lowest BCUT2D eigenvalue weighted by atomic mass is 10.1. The Morgan fingerprint density at radius 3 is 2.87 bits per heavy atom. The number of hydrogen-bond donors (Lipinski definition) is 1. The second-order valence-electron chi connectivity index (χ2n) is 5.05. The van der Waals surface area contributed by atoms with Crippen molar-refractivity contribution < 1.29 is 13.9 Å². The highest BCUT2D eigenvalue weighted by atomic mass is 35.5. The third-order valence-corrected chi connectivity index (χ3v) is 4.12. The highest BCUT2D eigenvalue weighted by Gasteiger charge is 2.07. The highest BCUT2D eigenvalue weighted by molar-refractivity contribution is 6.42. The van der Waals surface area contributed by atoms with E-state index in [-0.39, 0.29) is 5.91 Å². The van der Waals surface area contributed by atoms with Crippen molar-refractivity contribution in [3.63, 3.8) is 0 Å². The van der Waals surface area contributed by atoms with Gasteiger partial charge in [0.1, 0.15) is 12.4 Å². The number of carbonyl (C=O) groups excluding carboxylic acids is 1. The zero-order valence-corrected chi connectivity index (χ0v) is 14.2. The summed E-state index contributed by atoms with van der Waals surface area (Å²) in [6.45, 7) is 1.61. The van der Waals surface area contributed by atoms with Crippen molar-refractivity contribution in [1.82, 2.24) is 5.32 Å². The van der Waals surface area contributed by atoms with Gasteiger partial charge in [0.2, 0.25) is 5.91 Å². The molecule has 0 bridgehead atoms. The lowest BCUT2D eigenvalue weighted by Gasteiger charge is -2.07. The van der Waals surface area contributed by atoms with Gasteiger partial charge in [-0.2, -0.15) is 0 Å². The summed E-state index contributed by atoms with van der Waals surface area (Å²) in [6.07, 6.45) is 3.32. The molecule has 0 aliphatic carbocycles. The first-order valence-corrected chi connectivity index (χ1v) is 8.22. The fourth-order valence-electron chi connectivity index (χ4n) is 2.05. The SMILES string of the molecule is O=C(CCc1cccc(Cl)c1Cl)NCCCOCc1ccco1. The molecule has 2 rings (SSSR count). The Hall–Kier alpha value is -1.49. The van der Waals surface area contributed by atoms with Crippen LogP contribution in [-0.4, -0.2) is 19.1 Å². The van der Waals surface area contributed by atoms with Crippen molar-refractivity contribution in [1.29, 1.82) is 0 Å². The molecular formula is C17H19Cl2NO3. The van der Waals surface area contributed by atoms with Crippen molar-refractivity contribution in [2.75, 3.05) is 13.2 Å². The molecule has 1 amide bonds. The molecule has 124 valence electrons. The van der Waals surface area contributed by atoms with Gasteiger partial charge in [0.05, 0.1) is 16.3 Å². The molecule has 1 aromatic heterocycles. The highest BCUT2D eigenvalue weighted by Crippen LogP contribution is 2.26. The summed E-state index contributed by atoms with van der Waals surface area (Å²) in [5.41, 5.74) is 0.885. The second-order valence-corrected chi connectivity index (χ2v) is 5.83. The van der Waals surface area contributed by atoms with Gasteiger partial charge in [0.25, 0.3) is 0 Å². The van der Waals surface area contributed by atoms with E-state index >= 15 is 0 Å². The number of carbonyl (C=O) groups is 1. The zero-order chi connectivity index (χ0) is 16.5. The first kappa shape index (κ1) is 17.9. The van der Waals surface area contributed by atoms with E-state index in [0.29, 0.717) is 42.6 Å². The van der Waals surface area contributed by atoms with Gasteiger partial charge < -0.3 is 14.5 Å². The smallest absolute Gasteiger partial charge is 0.220 e. The van der Waals surface area contributed by atoms with Gasteiger partial charge in [-0.3, -0.25) is 4.79 Å². The van der Waals surface area contributed by atoms with Crippen LogP contribution < -0.4 is 5.32 Å². The number of aryl methyl sites for hydroxylation is 1. The van der Waals surface area contributed by atoms with Gasteiger partial charge in [-0.15, -0.1) is 0 Å². The van der Waals surface area contributed by atoms with E-state index in [1.807, 2.05) is 24.3 Å². The van der Waals surface area contributed by atoms with Crippen LogP contribution in [0.2, 0.25) is 10.0 Å². The predicted molar refractivity (Wildman–Crippen MR) is 90.8 cm³/mol. The largest absolute Gasteiger partial charge is 0.467 e. The van der Waals surface area contributed by atoms with E-state index in [9.17, 15) is 4.79 Å². The van der Waals surface area contributed by atoms with Crippen LogP contribution in [0.5, 0.6) is 0 Å². The van der Waals surface area contributed by atoms with Crippen molar-refractivity contribution in [2.24, 2.45) is 0 Å². The topological polar surface area (TPSA) is 51.5 Å². The number of furan rings is 1. The maximum Gasteiger partial charge on any atom is 0.220 e. The molecule has 0 atom stereocenters. The van der Waals surface area contributed by atoms with Crippen LogP contribution >= 0.6 is 23.2 Å². The third kappa shape index (κ3) is 6.26. The van der Waals surface area contributed by atoms with Gasteiger partial charge >= 0.3 is 0 Å². The van der Waals surface area contributed by atoms with Crippen molar-refractivity contribution in [2.45, 2.75) is 25.9 Å². The first-order chi connectivity index (χ1) is 11.2. The van der Waals surface area contributed by atoms with Gasteiger partial charge in [-0.1, -0.05) is 35.3 Å². The molecule has 1 N–H and O–H groups in total. The standard InChI is InChI=1S/C17H19Cl2NO3/c18-15-6-1-4-13(17(15)19)7-8-16(21)20-9-3-10-22-12-14-5-2-11-23-14/h1-2,4-6,11H,3,7-10,12H2,(H,20,21). The fourth-order valence-corrected chi connectivity index (χ4v) is 2.46. The molecule has 0 saturated heterocycles. The maximum atomic E-state index is 11.8. The van der Waals surface area contributed by atoms with Crippen molar-refractivity contribution >= 4 is 29.1 Å². The van der Waals surface area contributed by atoms with Gasteiger partial charge in [0, 0.05) is 19.6 Å². The van der Waals surface area contributed by atoms with Crippen LogP contribution in [0.4, 0.5) is 0 Å². The number of amides is 1. The third-order valence-electron chi connectivity index (χ3n) is 3.27. The maximum absolute atomic E-state index is 11.8. The van der Waals surface area contributed by atoms with E-state index in [1.165, 1.54) is 0 Å². The number of hydrogen-bond acceptors (Lipinski definition) is 3. The molecule has 1 aromatic carbocycles. The summed E-state index contributed by atoms with van der Waals surface area (Å²) < 4.78 is 10.6. The Labute approximate surface area is 145 Å². The van der Waals surface area contributed by atoms with Crippen LogP contribution in [0.3, 0.4) is 0 Å². The monoisotopic (exact) mass is 355 g/mol.